The summed E-state index contributed by atoms with van der Waals surface area (Å²) in [5.41, 5.74) is 3.16. The lowest BCUT2D eigenvalue weighted by atomic mass is 9.95. The fourth-order valence-corrected chi connectivity index (χ4v) is 5.21. The molecule has 0 saturated heterocycles. The highest BCUT2D eigenvalue weighted by molar-refractivity contribution is 7.90. The molecule has 3 aromatic rings. The summed E-state index contributed by atoms with van der Waals surface area (Å²) in [6.45, 7) is 0. The van der Waals surface area contributed by atoms with Gasteiger partial charge in [0.25, 0.3) is 0 Å². The van der Waals surface area contributed by atoms with Crippen LogP contribution in [0.25, 0.3) is 22.3 Å². The van der Waals surface area contributed by atoms with Crippen molar-refractivity contribution < 1.29 is 18.4 Å². The molecule has 2 aromatic carbocycles. The Hall–Kier alpha value is -2.19. The number of hydrogen-bond acceptors (Lipinski definition) is 5. The first kappa shape index (κ1) is 21.5. The van der Waals surface area contributed by atoms with E-state index in [1.807, 2.05) is 17.5 Å². The summed E-state index contributed by atoms with van der Waals surface area (Å²) in [7, 11) is -2.13. The van der Waals surface area contributed by atoms with Gasteiger partial charge in [0.05, 0.1) is 4.90 Å². The predicted molar refractivity (Wildman–Crippen MR) is 116 cm³/mol. The molecule has 29 heavy (non-hydrogen) atoms. The minimum atomic E-state index is -3.43. The molecule has 0 radical (unpaired) electrons. The van der Waals surface area contributed by atoms with Gasteiger partial charge in [0.2, 0.25) is 5.91 Å². The van der Waals surface area contributed by atoms with E-state index in [0.29, 0.717) is 22.1 Å². The fourth-order valence-electron chi connectivity index (χ4n) is 3.11. The number of amides is 1. The molecule has 8 heteroatoms. The Balaban J connectivity index is 2.16. The Morgan fingerprint density at radius 3 is 2.38 bits per heavy atom. The third-order valence-electron chi connectivity index (χ3n) is 4.50. The van der Waals surface area contributed by atoms with Crippen LogP contribution in [-0.2, 0) is 21.1 Å². The van der Waals surface area contributed by atoms with E-state index in [1.165, 1.54) is 24.6 Å². The quantitative estimate of drug-likeness (QED) is 0.428. The largest absolute Gasteiger partial charge is 0.286 e. The molecule has 0 spiro atoms. The number of hydrogen-bond donors (Lipinski definition) is 1. The van der Waals surface area contributed by atoms with Crippen LogP contribution in [0, 0.1) is 0 Å². The van der Waals surface area contributed by atoms with Crippen LogP contribution in [0.1, 0.15) is 11.3 Å². The van der Waals surface area contributed by atoms with Crippen molar-refractivity contribution in [2.75, 3.05) is 13.3 Å². The molecule has 0 aliphatic carbocycles. The van der Waals surface area contributed by atoms with E-state index in [4.69, 9.17) is 11.6 Å². The van der Waals surface area contributed by atoms with E-state index >= 15 is 0 Å². The highest BCUT2D eigenvalue weighted by Crippen LogP contribution is 2.42. The maximum absolute atomic E-state index is 12.3. The smallest absolute Gasteiger partial charge is 0.246 e. The average molecular weight is 450 g/mol. The van der Waals surface area contributed by atoms with Crippen molar-refractivity contribution in [1.82, 2.24) is 5.06 Å². The molecule has 152 valence electrons. The molecule has 1 aromatic heterocycles. The van der Waals surface area contributed by atoms with E-state index in [1.54, 1.807) is 36.4 Å². The summed E-state index contributed by atoms with van der Waals surface area (Å²) in [5, 5.41) is 12.4. The molecule has 3 rings (SSSR count). The SMILES string of the molecule is CN(O)C(=O)CCc1scc(-c2ccccc2S(C)(=O)=O)c1-c1ccc(Cl)cc1. The van der Waals surface area contributed by atoms with Crippen molar-refractivity contribution in [2.24, 2.45) is 0 Å². The van der Waals surface area contributed by atoms with E-state index in [-0.39, 0.29) is 11.3 Å². The standard InChI is InChI=1S/C21H20ClNO4S2/c1-23(25)20(24)12-11-18-21(14-7-9-15(22)10-8-14)17(13-28-18)16-5-3-4-6-19(16)29(2,26)27/h3-10,13,25H,11-12H2,1-2H3. The van der Waals surface area contributed by atoms with Crippen molar-refractivity contribution in [3.63, 3.8) is 0 Å². The topological polar surface area (TPSA) is 74.7 Å². The molecule has 0 aliphatic rings. The monoisotopic (exact) mass is 449 g/mol. The number of halogens is 1. The normalized spacial score (nSPS) is 11.4. The van der Waals surface area contributed by atoms with Crippen LogP contribution in [0.4, 0.5) is 0 Å². The summed E-state index contributed by atoms with van der Waals surface area (Å²) < 4.78 is 24.6. The Bertz CT molecular complexity index is 1140. The van der Waals surface area contributed by atoms with Gasteiger partial charge in [-0.2, -0.15) is 0 Å². The molecule has 0 aliphatic heterocycles. The van der Waals surface area contributed by atoms with Gasteiger partial charge in [-0.3, -0.25) is 10.0 Å². The van der Waals surface area contributed by atoms with Crippen LogP contribution in [-0.4, -0.2) is 37.9 Å². The zero-order valence-corrected chi connectivity index (χ0v) is 18.3. The van der Waals surface area contributed by atoms with Gasteiger partial charge in [0, 0.05) is 46.3 Å². The van der Waals surface area contributed by atoms with Crippen molar-refractivity contribution in [1.29, 1.82) is 0 Å². The number of aryl methyl sites for hydroxylation is 1. The highest BCUT2D eigenvalue weighted by Gasteiger charge is 2.21. The number of carbonyl (C=O) groups is 1. The molecular formula is C21H20ClNO4S2. The Labute approximate surface area is 179 Å². The van der Waals surface area contributed by atoms with E-state index in [9.17, 15) is 18.4 Å². The summed E-state index contributed by atoms with van der Waals surface area (Å²) in [6.07, 6.45) is 1.76. The van der Waals surface area contributed by atoms with Crippen LogP contribution < -0.4 is 0 Å². The first-order chi connectivity index (χ1) is 13.7. The number of benzene rings is 2. The summed E-state index contributed by atoms with van der Waals surface area (Å²) in [5.74, 6) is -0.390. The van der Waals surface area contributed by atoms with E-state index in [2.05, 4.69) is 0 Å². The Kier molecular flexibility index (Phi) is 6.43. The molecule has 0 unspecified atom stereocenters. The van der Waals surface area contributed by atoms with Gasteiger partial charge in [0.1, 0.15) is 0 Å². The summed E-state index contributed by atoms with van der Waals surface area (Å²) in [6, 6.07) is 14.2. The van der Waals surface area contributed by atoms with Crippen LogP contribution in [0.15, 0.2) is 58.8 Å². The second-order valence-electron chi connectivity index (χ2n) is 6.64. The molecule has 0 atom stereocenters. The van der Waals surface area contributed by atoms with Crippen molar-refractivity contribution in [2.45, 2.75) is 17.7 Å². The molecule has 1 N–H and O–H groups in total. The van der Waals surface area contributed by atoms with Crippen LogP contribution in [0.3, 0.4) is 0 Å². The number of hydroxylamine groups is 2. The van der Waals surface area contributed by atoms with Gasteiger partial charge in [-0.25, -0.2) is 13.5 Å². The summed E-state index contributed by atoms with van der Waals surface area (Å²) in [4.78, 5) is 13.0. The molecule has 0 saturated carbocycles. The number of nitrogens with zero attached hydrogens (tertiary/aromatic N) is 1. The van der Waals surface area contributed by atoms with Gasteiger partial charge in [-0.1, -0.05) is 41.9 Å². The number of sulfone groups is 1. The molecule has 0 bridgehead atoms. The Morgan fingerprint density at radius 1 is 1.10 bits per heavy atom. The molecule has 1 heterocycles. The van der Waals surface area contributed by atoms with Crippen LogP contribution >= 0.6 is 22.9 Å². The minimum absolute atomic E-state index is 0.140. The van der Waals surface area contributed by atoms with E-state index in [0.717, 1.165) is 21.6 Å². The van der Waals surface area contributed by atoms with Crippen molar-refractivity contribution >= 4 is 38.7 Å². The fraction of sp³-hybridized carbons (Fsp3) is 0.190. The van der Waals surface area contributed by atoms with Crippen LogP contribution in [0.5, 0.6) is 0 Å². The van der Waals surface area contributed by atoms with Gasteiger partial charge >= 0.3 is 0 Å². The maximum atomic E-state index is 12.3. The lowest BCUT2D eigenvalue weighted by molar-refractivity contribution is -0.159. The minimum Gasteiger partial charge on any atom is -0.286 e. The Morgan fingerprint density at radius 2 is 1.76 bits per heavy atom. The second-order valence-corrected chi connectivity index (χ2v) is 10.0. The van der Waals surface area contributed by atoms with Gasteiger partial charge in [-0.15, -0.1) is 11.3 Å². The molecular weight excluding hydrogens is 430 g/mol. The second kappa shape index (κ2) is 8.67. The molecule has 0 fully saturated rings. The molecule has 5 nitrogen and oxygen atoms in total. The van der Waals surface area contributed by atoms with Gasteiger partial charge in [0.15, 0.2) is 9.84 Å². The van der Waals surface area contributed by atoms with Gasteiger partial charge < -0.3 is 0 Å². The summed E-state index contributed by atoms with van der Waals surface area (Å²) >= 11 is 7.50. The van der Waals surface area contributed by atoms with Crippen molar-refractivity contribution in [3.8, 4) is 22.3 Å². The highest BCUT2D eigenvalue weighted by atomic mass is 35.5. The first-order valence-electron chi connectivity index (χ1n) is 8.79. The van der Waals surface area contributed by atoms with Crippen molar-refractivity contribution in [3.05, 3.63) is 63.8 Å². The zero-order valence-electron chi connectivity index (χ0n) is 15.9. The lowest BCUT2D eigenvalue weighted by Crippen LogP contribution is -2.22. The third-order valence-corrected chi connectivity index (χ3v) is 6.96. The predicted octanol–water partition coefficient (Wildman–Crippen LogP) is 4.92. The number of carbonyl (C=O) groups excluding carboxylic acids is 1. The third kappa shape index (κ3) is 4.87. The van der Waals surface area contributed by atoms with Gasteiger partial charge in [-0.05, 0) is 35.6 Å². The molecule has 1 amide bonds. The van der Waals surface area contributed by atoms with E-state index < -0.39 is 15.7 Å². The average Bonchev–Trinajstić information content (AvgIpc) is 3.09. The first-order valence-corrected chi connectivity index (χ1v) is 11.9. The lowest BCUT2D eigenvalue weighted by Gasteiger charge is -2.12. The number of rotatable bonds is 6. The number of thiophene rings is 1. The zero-order chi connectivity index (χ0) is 21.2. The maximum Gasteiger partial charge on any atom is 0.246 e. The van der Waals surface area contributed by atoms with Crippen LogP contribution in [0.2, 0.25) is 5.02 Å².